The van der Waals surface area contributed by atoms with Crippen LogP contribution in [0.25, 0.3) is 33.6 Å². The number of nitriles is 1. The Kier molecular flexibility index (Phi) is 4.75. The molecule has 2 aliphatic rings. The van der Waals surface area contributed by atoms with E-state index in [2.05, 4.69) is 17.2 Å². The fourth-order valence-electron chi connectivity index (χ4n) is 5.15. The minimum Gasteiger partial charge on any atom is -0.384 e. The van der Waals surface area contributed by atoms with Crippen molar-refractivity contribution in [3.63, 3.8) is 0 Å². The summed E-state index contributed by atoms with van der Waals surface area (Å²) in [5.41, 5.74) is 14.5. The number of benzene rings is 1. The molecule has 2 saturated carbocycles. The van der Waals surface area contributed by atoms with Crippen LogP contribution in [0.5, 0.6) is 0 Å². The molecule has 0 radical (unpaired) electrons. The maximum Gasteiger partial charge on any atom is 0.147 e. The van der Waals surface area contributed by atoms with Gasteiger partial charge in [0.2, 0.25) is 0 Å². The van der Waals surface area contributed by atoms with Gasteiger partial charge in [0.15, 0.2) is 0 Å². The van der Waals surface area contributed by atoms with Gasteiger partial charge < -0.3 is 10.8 Å². The van der Waals surface area contributed by atoms with Crippen LogP contribution >= 0.6 is 0 Å². The lowest BCUT2D eigenvalue weighted by Crippen LogP contribution is -2.09. The molecule has 3 aromatic heterocycles. The zero-order chi connectivity index (χ0) is 23.6. The van der Waals surface area contributed by atoms with Gasteiger partial charge in [0, 0.05) is 28.5 Å². The van der Waals surface area contributed by atoms with Crippen molar-refractivity contribution in [1.29, 1.82) is 5.26 Å². The summed E-state index contributed by atoms with van der Waals surface area (Å²) in [6.45, 7) is 3.98. The lowest BCUT2D eigenvalue weighted by molar-refractivity contribution is 0.0914. The van der Waals surface area contributed by atoms with Gasteiger partial charge in [-0.25, -0.2) is 4.68 Å². The van der Waals surface area contributed by atoms with Crippen LogP contribution < -0.4 is 5.73 Å². The van der Waals surface area contributed by atoms with E-state index < -0.39 is 6.23 Å². The molecule has 3 heterocycles. The Morgan fingerprint density at radius 1 is 1.26 bits per heavy atom. The number of hydrogen-bond acceptors (Lipinski definition) is 5. The lowest BCUT2D eigenvalue weighted by atomic mass is 9.89. The number of pyridine rings is 1. The van der Waals surface area contributed by atoms with Crippen LogP contribution in [0, 0.1) is 18.3 Å². The van der Waals surface area contributed by atoms with Crippen LogP contribution in [-0.2, 0) is 0 Å². The summed E-state index contributed by atoms with van der Waals surface area (Å²) in [4.78, 5) is 4.85. The standard InChI is InChI=1S/C27H28N6O/c1-3-23(34)33-22-10-7-15(2)25(21(22)14-31-33)32-26-18(11-16-5-4-6-16)24(17-8-9-17)30-13-20(26)19(12-28)27(32)29/h7,10-11,13-14,17,23,34H,3-6,8-9,29H2,1-2H3. The molecule has 172 valence electrons. The van der Waals surface area contributed by atoms with Gasteiger partial charge in [-0.3, -0.25) is 9.55 Å². The van der Waals surface area contributed by atoms with Crippen molar-refractivity contribution in [2.24, 2.45) is 0 Å². The third kappa shape index (κ3) is 2.99. The highest BCUT2D eigenvalue weighted by Gasteiger charge is 2.31. The van der Waals surface area contributed by atoms with Crippen molar-refractivity contribution in [2.45, 2.75) is 64.5 Å². The van der Waals surface area contributed by atoms with Crippen LogP contribution in [0.4, 0.5) is 5.82 Å². The number of allylic oxidation sites excluding steroid dienone is 1. The number of nitrogens with zero attached hydrogens (tertiary/aromatic N) is 5. The first kappa shape index (κ1) is 20.9. The first-order valence-corrected chi connectivity index (χ1v) is 12.1. The smallest absolute Gasteiger partial charge is 0.147 e. The van der Waals surface area contributed by atoms with E-state index in [1.807, 2.05) is 36.7 Å². The van der Waals surface area contributed by atoms with E-state index in [1.165, 1.54) is 12.0 Å². The SMILES string of the molecule is CCC(O)n1ncc2c(-n3c(N)c(C#N)c4cnc(C5CC5)c(C=C5CCC5)c43)c(C)ccc21. The average molecular weight is 453 g/mol. The van der Waals surface area contributed by atoms with Crippen molar-refractivity contribution in [1.82, 2.24) is 19.3 Å². The zero-order valence-electron chi connectivity index (χ0n) is 19.5. The number of rotatable bonds is 5. The Bertz CT molecular complexity index is 1520. The number of fused-ring (bicyclic) bond motifs is 2. The van der Waals surface area contributed by atoms with Crippen molar-refractivity contribution in [2.75, 3.05) is 5.73 Å². The zero-order valence-corrected chi connectivity index (χ0v) is 19.5. The number of aliphatic hydroxyl groups is 1. The Hall–Kier alpha value is -3.63. The van der Waals surface area contributed by atoms with E-state index in [-0.39, 0.29) is 0 Å². The minimum absolute atomic E-state index is 0.417. The molecule has 0 bridgehead atoms. The number of nitrogen functional groups attached to an aromatic ring is 1. The molecule has 2 aliphatic carbocycles. The van der Waals surface area contributed by atoms with Gasteiger partial charge >= 0.3 is 0 Å². The Morgan fingerprint density at radius 3 is 2.71 bits per heavy atom. The van der Waals surface area contributed by atoms with Gasteiger partial charge in [0.05, 0.1) is 28.6 Å². The molecule has 34 heavy (non-hydrogen) atoms. The molecule has 1 aromatic carbocycles. The van der Waals surface area contributed by atoms with Gasteiger partial charge in [-0.15, -0.1) is 0 Å². The van der Waals surface area contributed by atoms with E-state index in [9.17, 15) is 10.4 Å². The molecule has 2 fully saturated rings. The monoisotopic (exact) mass is 452 g/mol. The fourth-order valence-corrected chi connectivity index (χ4v) is 5.15. The highest BCUT2D eigenvalue weighted by molar-refractivity contribution is 6.02. The molecule has 6 rings (SSSR count). The normalized spacial score (nSPS) is 16.6. The first-order valence-electron chi connectivity index (χ1n) is 12.1. The molecule has 0 aliphatic heterocycles. The van der Waals surface area contributed by atoms with E-state index in [0.717, 1.165) is 70.0 Å². The van der Waals surface area contributed by atoms with Crippen molar-refractivity contribution in [3.05, 3.63) is 52.5 Å². The quantitative estimate of drug-likeness (QED) is 0.417. The molecule has 1 unspecified atom stereocenters. The topological polar surface area (TPSA) is 106 Å². The summed E-state index contributed by atoms with van der Waals surface area (Å²) in [7, 11) is 0. The summed E-state index contributed by atoms with van der Waals surface area (Å²) in [6.07, 6.45) is 11.5. The number of aromatic nitrogens is 4. The molecule has 7 heteroatoms. The summed E-state index contributed by atoms with van der Waals surface area (Å²) in [5.74, 6) is 0.880. The third-order valence-corrected chi connectivity index (χ3v) is 7.35. The number of hydrogen-bond donors (Lipinski definition) is 2. The molecule has 1 atom stereocenters. The van der Waals surface area contributed by atoms with Crippen molar-refractivity contribution < 1.29 is 5.11 Å². The largest absolute Gasteiger partial charge is 0.384 e. The molecule has 0 spiro atoms. The van der Waals surface area contributed by atoms with Crippen molar-refractivity contribution >= 4 is 33.7 Å². The summed E-state index contributed by atoms with van der Waals surface area (Å²) in [6, 6.07) is 6.35. The van der Waals surface area contributed by atoms with Gasteiger partial charge in [0.25, 0.3) is 0 Å². The van der Waals surface area contributed by atoms with Crippen molar-refractivity contribution in [3.8, 4) is 11.8 Å². The first-order chi connectivity index (χ1) is 16.5. The van der Waals surface area contributed by atoms with Gasteiger partial charge in [-0.2, -0.15) is 10.4 Å². The van der Waals surface area contributed by atoms with E-state index in [4.69, 9.17) is 10.7 Å². The summed E-state index contributed by atoms with van der Waals surface area (Å²) in [5, 5.41) is 26.7. The number of anilines is 1. The second-order valence-electron chi connectivity index (χ2n) is 9.60. The summed E-state index contributed by atoms with van der Waals surface area (Å²) >= 11 is 0. The second-order valence-corrected chi connectivity index (χ2v) is 9.60. The Morgan fingerprint density at radius 2 is 2.06 bits per heavy atom. The predicted octanol–water partition coefficient (Wildman–Crippen LogP) is 5.48. The van der Waals surface area contributed by atoms with Gasteiger partial charge in [0.1, 0.15) is 23.7 Å². The fraction of sp³-hybridized carbons (Fsp3) is 0.370. The highest BCUT2D eigenvalue weighted by atomic mass is 16.3. The van der Waals surface area contributed by atoms with Crippen LogP contribution in [0.2, 0.25) is 0 Å². The number of aliphatic hydroxyl groups excluding tert-OH is 1. The minimum atomic E-state index is -0.703. The molecule has 3 N–H and O–H groups in total. The molecular formula is C27H28N6O. The summed E-state index contributed by atoms with van der Waals surface area (Å²) < 4.78 is 3.69. The van der Waals surface area contributed by atoms with Crippen LogP contribution in [-0.4, -0.2) is 24.4 Å². The maximum atomic E-state index is 10.5. The predicted molar refractivity (Wildman–Crippen MR) is 134 cm³/mol. The highest BCUT2D eigenvalue weighted by Crippen LogP contribution is 2.46. The average Bonchev–Trinajstić information content (AvgIpc) is 3.50. The maximum absolute atomic E-state index is 10.5. The van der Waals surface area contributed by atoms with Gasteiger partial charge in [-0.1, -0.05) is 24.6 Å². The van der Waals surface area contributed by atoms with E-state index in [0.29, 0.717) is 23.7 Å². The second kappa shape index (κ2) is 7.71. The van der Waals surface area contributed by atoms with E-state index in [1.54, 1.807) is 10.9 Å². The number of aryl methyl sites for hydroxylation is 1. The molecule has 4 aromatic rings. The Labute approximate surface area is 198 Å². The Balaban J connectivity index is 1.74. The number of nitrogens with two attached hydrogens (primary N) is 1. The molecule has 0 amide bonds. The molecule has 0 saturated heterocycles. The van der Waals surface area contributed by atoms with Crippen LogP contribution in [0.1, 0.15) is 80.0 Å². The molecular weight excluding hydrogens is 424 g/mol. The van der Waals surface area contributed by atoms with Crippen LogP contribution in [0.15, 0.2) is 30.1 Å². The van der Waals surface area contributed by atoms with E-state index >= 15 is 0 Å². The third-order valence-electron chi connectivity index (χ3n) is 7.35. The lowest BCUT2D eigenvalue weighted by Gasteiger charge is -2.19. The molecule has 7 nitrogen and oxygen atoms in total. The van der Waals surface area contributed by atoms with Crippen LogP contribution in [0.3, 0.4) is 0 Å². The van der Waals surface area contributed by atoms with Gasteiger partial charge in [-0.05, 0) is 57.1 Å².